The van der Waals surface area contributed by atoms with Crippen LogP contribution in [0.1, 0.15) is 31.0 Å². The molecule has 2 aliphatic rings. The van der Waals surface area contributed by atoms with Crippen LogP contribution in [0.25, 0.3) is 16.8 Å². The van der Waals surface area contributed by atoms with Gasteiger partial charge in [-0.3, -0.25) is 9.36 Å². The number of carbonyl (C=O) groups is 1. The van der Waals surface area contributed by atoms with Crippen LogP contribution in [0.5, 0.6) is 11.5 Å². The average Bonchev–Trinajstić information content (AvgIpc) is 3.47. The van der Waals surface area contributed by atoms with Crippen LogP contribution >= 0.6 is 11.3 Å². The molecule has 0 fully saturated rings. The zero-order chi connectivity index (χ0) is 24.8. The van der Waals surface area contributed by atoms with Crippen molar-refractivity contribution in [3.8, 4) is 11.5 Å². The highest BCUT2D eigenvalue weighted by Crippen LogP contribution is 2.38. The quantitative estimate of drug-likeness (QED) is 0.401. The molecule has 1 unspecified atom stereocenters. The number of fused-ring (bicyclic) bond motifs is 3. The molecule has 180 valence electrons. The molecule has 0 N–H and O–H groups in total. The summed E-state index contributed by atoms with van der Waals surface area (Å²) in [6, 6.07) is 18.8. The van der Waals surface area contributed by atoms with Crippen molar-refractivity contribution in [2.24, 2.45) is 4.99 Å². The molecule has 0 bridgehead atoms. The number of aromatic nitrogens is 1. The highest BCUT2D eigenvalue weighted by Gasteiger charge is 2.34. The van der Waals surface area contributed by atoms with E-state index in [1.54, 1.807) is 24.5 Å². The van der Waals surface area contributed by atoms with Gasteiger partial charge in [-0.25, -0.2) is 9.79 Å². The minimum Gasteiger partial charge on any atom is -0.463 e. The summed E-state index contributed by atoms with van der Waals surface area (Å²) in [6.45, 7) is 3.87. The van der Waals surface area contributed by atoms with E-state index in [0.29, 0.717) is 32.1 Å². The van der Waals surface area contributed by atoms with E-state index in [2.05, 4.69) is 4.99 Å². The predicted molar refractivity (Wildman–Crippen MR) is 137 cm³/mol. The van der Waals surface area contributed by atoms with Gasteiger partial charge in [0, 0.05) is 0 Å². The standard InChI is InChI=1S/C28H22N2O5S/c1-3-33-27(32)24-16(2)29-28-30(25(24)19-11-12-21-22(13-19)35-15-34-21)26(31)23(36-28)14-18-9-6-8-17-7-4-5-10-20(17)18/h4-14,25H,3,15H2,1-2H3. The number of benzene rings is 3. The fourth-order valence-electron chi connectivity index (χ4n) is 4.71. The highest BCUT2D eigenvalue weighted by atomic mass is 32.1. The van der Waals surface area contributed by atoms with E-state index >= 15 is 0 Å². The number of allylic oxidation sites excluding steroid dienone is 1. The largest absolute Gasteiger partial charge is 0.463 e. The lowest BCUT2D eigenvalue weighted by molar-refractivity contribution is -0.139. The zero-order valence-electron chi connectivity index (χ0n) is 19.7. The summed E-state index contributed by atoms with van der Waals surface area (Å²) in [7, 11) is 0. The third kappa shape index (κ3) is 3.61. The Morgan fingerprint density at radius 1 is 1.14 bits per heavy atom. The summed E-state index contributed by atoms with van der Waals surface area (Å²) in [6.07, 6.45) is 1.90. The molecule has 0 saturated heterocycles. The molecule has 4 aromatic rings. The number of thiazole rings is 1. The maximum Gasteiger partial charge on any atom is 0.338 e. The Labute approximate surface area is 210 Å². The summed E-state index contributed by atoms with van der Waals surface area (Å²) in [5.74, 6) is 0.702. The van der Waals surface area contributed by atoms with E-state index in [0.717, 1.165) is 21.9 Å². The maximum absolute atomic E-state index is 13.9. The lowest BCUT2D eigenvalue weighted by Crippen LogP contribution is -2.39. The van der Waals surface area contributed by atoms with Gasteiger partial charge in [0.15, 0.2) is 16.3 Å². The SMILES string of the molecule is CCOC(=O)C1=C(C)N=c2sc(=Cc3cccc4ccccc34)c(=O)n2C1c1ccc2c(c1)OCO2. The predicted octanol–water partition coefficient (Wildman–Crippen LogP) is 3.68. The molecule has 1 atom stereocenters. The molecule has 6 rings (SSSR count). The second kappa shape index (κ2) is 8.80. The minimum absolute atomic E-state index is 0.131. The van der Waals surface area contributed by atoms with Crippen molar-refractivity contribution in [3.63, 3.8) is 0 Å². The first-order chi connectivity index (χ1) is 17.5. The van der Waals surface area contributed by atoms with Gasteiger partial charge in [-0.05, 0) is 54.0 Å². The molecule has 3 heterocycles. The Morgan fingerprint density at radius 2 is 1.94 bits per heavy atom. The minimum atomic E-state index is -0.704. The Morgan fingerprint density at radius 3 is 2.81 bits per heavy atom. The van der Waals surface area contributed by atoms with Crippen LogP contribution in [-0.2, 0) is 9.53 Å². The van der Waals surface area contributed by atoms with Crippen molar-refractivity contribution < 1.29 is 19.0 Å². The van der Waals surface area contributed by atoms with Gasteiger partial charge in [-0.2, -0.15) is 0 Å². The van der Waals surface area contributed by atoms with Crippen LogP contribution in [0.15, 0.2) is 81.7 Å². The van der Waals surface area contributed by atoms with Gasteiger partial charge >= 0.3 is 5.97 Å². The lowest BCUT2D eigenvalue weighted by Gasteiger charge is -2.24. The molecule has 0 spiro atoms. The molecule has 7 nitrogen and oxygen atoms in total. The number of rotatable bonds is 4. The van der Waals surface area contributed by atoms with Gasteiger partial charge in [0.2, 0.25) is 6.79 Å². The molecule has 0 radical (unpaired) electrons. The van der Waals surface area contributed by atoms with Crippen molar-refractivity contribution in [2.45, 2.75) is 19.9 Å². The number of hydrogen-bond donors (Lipinski definition) is 0. The van der Waals surface area contributed by atoms with Crippen LogP contribution in [0.3, 0.4) is 0 Å². The van der Waals surface area contributed by atoms with E-state index in [9.17, 15) is 9.59 Å². The Hall–Kier alpha value is -4.17. The Bertz CT molecular complexity index is 1740. The van der Waals surface area contributed by atoms with Crippen molar-refractivity contribution in [1.82, 2.24) is 4.57 Å². The molecule has 0 aliphatic carbocycles. The third-order valence-corrected chi connectivity index (χ3v) is 7.32. The lowest BCUT2D eigenvalue weighted by atomic mass is 9.95. The Balaban J connectivity index is 1.58. The summed E-state index contributed by atoms with van der Waals surface area (Å²) in [4.78, 5) is 32.1. The summed E-state index contributed by atoms with van der Waals surface area (Å²) in [5.41, 5.74) is 2.30. The van der Waals surface area contributed by atoms with E-state index in [-0.39, 0.29) is 19.0 Å². The van der Waals surface area contributed by atoms with E-state index in [4.69, 9.17) is 14.2 Å². The van der Waals surface area contributed by atoms with Gasteiger partial charge in [0.05, 0.1) is 28.5 Å². The third-order valence-electron chi connectivity index (χ3n) is 6.34. The number of ether oxygens (including phenoxy) is 3. The van der Waals surface area contributed by atoms with Crippen molar-refractivity contribution >= 4 is 34.2 Å². The first-order valence-corrected chi connectivity index (χ1v) is 12.4. The van der Waals surface area contributed by atoms with Crippen molar-refractivity contribution in [2.75, 3.05) is 13.4 Å². The number of carbonyl (C=O) groups excluding carboxylic acids is 1. The molecule has 8 heteroatoms. The van der Waals surface area contributed by atoms with Gasteiger partial charge < -0.3 is 14.2 Å². The Kier molecular flexibility index (Phi) is 5.45. The van der Waals surface area contributed by atoms with Crippen molar-refractivity contribution in [3.05, 3.63) is 103 Å². The van der Waals surface area contributed by atoms with Gasteiger partial charge in [0.25, 0.3) is 5.56 Å². The van der Waals surface area contributed by atoms with Crippen LogP contribution in [-0.4, -0.2) is 23.9 Å². The number of nitrogens with zero attached hydrogens (tertiary/aromatic N) is 2. The molecule has 0 amide bonds. The average molecular weight is 499 g/mol. The van der Waals surface area contributed by atoms with Crippen LogP contribution in [0, 0.1) is 0 Å². The summed E-state index contributed by atoms with van der Waals surface area (Å²) in [5, 5.41) is 2.15. The van der Waals surface area contributed by atoms with Gasteiger partial charge in [-0.1, -0.05) is 59.9 Å². The number of esters is 1. The topological polar surface area (TPSA) is 79.1 Å². The monoisotopic (exact) mass is 498 g/mol. The van der Waals surface area contributed by atoms with Crippen molar-refractivity contribution in [1.29, 1.82) is 0 Å². The first-order valence-electron chi connectivity index (χ1n) is 11.6. The molecule has 0 saturated carbocycles. The van der Waals surface area contributed by atoms with E-state index in [1.807, 2.05) is 60.7 Å². The van der Waals surface area contributed by atoms with Gasteiger partial charge in [0.1, 0.15) is 0 Å². The van der Waals surface area contributed by atoms with Crippen LogP contribution in [0.2, 0.25) is 0 Å². The zero-order valence-corrected chi connectivity index (χ0v) is 20.5. The molecular formula is C28H22N2O5S. The summed E-state index contributed by atoms with van der Waals surface area (Å²) < 4.78 is 18.5. The van der Waals surface area contributed by atoms with E-state index in [1.165, 1.54) is 11.3 Å². The molecule has 1 aromatic heterocycles. The molecule has 36 heavy (non-hydrogen) atoms. The smallest absolute Gasteiger partial charge is 0.338 e. The fourth-order valence-corrected chi connectivity index (χ4v) is 5.75. The molecular weight excluding hydrogens is 476 g/mol. The second-order valence-corrected chi connectivity index (χ2v) is 9.49. The first kappa shape index (κ1) is 22.3. The van der Waals surface area contributed by atoms with Crippen LogP contribution in [0.4, 0.5) is 0 Å². The maximum atomic E-state index is 13.9. The fraction of sp³-hybridized carbons (Fsp3) is 0.179. The van der Waals surface area contributed by atoms with Crippen LogP contribution < -0.4 is 24.4 Å². The number of hydrogen-bond acceptors (Lipinski definition) is 7. The summed E-state index contributed by atoms with van der Waals surface area (Å²) >= 11 is 1.31. The molecule has 2 aliphatic heterocycles. The van der Waals surface area contributed by atoms with Gasteiger partial charge in [-0.15, -0.1) is 0 Å². The second-order valence-electron chi connectivity index (χ2n) is 8.48. The molecule has 3 aromatic carbocycles. The highest BCUT2D eigenvalue weighted by molar-refractivity contribution is 7.07. The normalized spacial score (nSPS) is 16.7. The van der Waals surface area contributed by atoms with E-state index < -0.39 is 12.0 Å².